The molecule has 3 aromatic carbocycles. The number of hydrogen-bond acceptors (Lipinski definition) is 6. The standard InChI is InChI=1S/C34H40ClN3O6S/c1-45(41,42)38(28-17-18-31-32(23-28)44-21-20-43-31)19-9-16-33(39)37(24-26-12-5-8-15-29(26)35)30(22-25-10-3-2-4-11-25)34(40)36-27-13-6-7-14-27/h2-5,8,10-12,15,17-18,23,27,30H,6-7,9,13-14,16,19-22,24H2,1H3,(H,36,40)/t30-/m0/s1. The van der Waals surface area contributed by atoms with Crippen LogP contribution in [0.4, 0.5) is 5.69 Å². The van der Waals surface area contributed by atoms with E-state index in [1.807, 2.05) is 48.5 Å². The second-order valence-electron chi connectivity index (χ2n) is 11.6. The maximum atomic E-state index is 14.1. The summed E-state index contributed by atoms with van der Waals surface area (Å²) in [5, 5.41) is 3.71. The Morgan fingerprint density at radius 3 is 2.36 bits per heavy atom. The lowest BCUT2D eigenvalue weighted by Gasteiger charge is -2.33. The van der Waals surface area contributed by atoms with Crippen molar-refractivity contribution in [3.63, 3.8) is 0 Å². The highest BCUT2D eigenvalue weighted by atomic mass is 35.5. The maximum Gasteiger partial charge on any atom is 0.243 e. The fraction of sp³-hybridized carbons (Fsp3) is 0.412. The molecule has 1 aliphatic carbocycles. The Morgan fingerprint density at radius 1 is 0.956 bits per heavy atom. The van der Waals surface area contributed by atoms with E-state index in [2.05, 4.69) is 5.32 Å². The first-order valence-corrected chi connectivity index (χ1v) is 17.7. The summed E-state index contributed by atoms with van der Waals surface area (Å²) in [7, 11) is -3.67. The number of carbonyl (C=O) groups excluding carboxylic acids is 2. The van der Waals surface area contributed by atoms with E-state index >= 15 is 0 Å². The molecule has 11 heteroatoms. The van der Waals surface area contributed by atoms with Gasteiger partial charge in [-0.2, -0.15) is 0 Å². The number of amides is 2. The number of hydrogen-bond donors (Lipinski definition) is 1. The molecule has 1 atom stereocenters. The van der Waals surface area contributed by atoms with Gasteiger partial charge in [0, 0.05) is 43.1 Å². The molecule has 0 bridgehead atoms. The predicted octanol–water partition coefficient (Wildman–Crippen LogP) is 5.36. The van der Waals surface area contributed by atoms with Crippen LogP contribution < -0.4 is 19.1 Å². The monoisotopic (exact) mass is 653 g/mol. The van der Waals surface area contributed by atoms with Gasteiger partial charge in [-0.05, 0) is 48.6 Å². The van der Waals surface area contributed by atoms with Crippen molar-refractivity contribution in [1.29, 1.82) is 0 Å². The van der Waals surface area contributed by atoms with E-state index in [0.717, 1.165) is 43.1 Å². The lowest BCUT2D eigenvalue weighted by Crippen LogP contribution is -2.52. The molecule has 3 aromatic rings. The summed E-state index contributed by atoms with van der Waals surface area (Å²) in [6.45, 7) is 1.02. The van der Waals surface area contributed by atoms with Gasteiger partial charge in [-0.25, -0.2) is 8.42 Å². The van der Waals surface area contributed by atoms with Crippen molar-refractivity contribution in [2.75, 3.05) is 30.3 Å². The summed E-state index contributed by atoms with van der Waals surface area (Å²) in [5.74, 6) is 0.587. The van der Waals surface area contributed by atoms with Gasteiger partial charge in [0.15, 0.2) is 11.5 Å². The summed E-state index contributed by atoms with van der Waals surface area (Å²) in [6, 6.07) is 21.3. The number of benzene rings is 3. The number of sulfonamides is 1. The minimum atomic E-state index is -3.67. The quantitative estimate of drug-likeness (QED) is 0.267. The van der Waals surface area contributed by atoms with E-state index < -0.39 is 16.1 Å². The third-order valence-corrected chi connectivity index (χ3v) is 9.80. The molecule has 0 spiro atoms. The van der Waals surface area contributed by atoms with E-state index in [1.165, 1.54) is 4.31 Å². The Bertz CT molecular complexity index is 1580. The number of fused-ring (bicyclic) bond motifs is 1. The summed E-state index contributed by atoms with van der Waals surface area (Å²) in [4.78, 5) is 29.6. The summed E-state index contributed by atoms with van der Waals surface area (Å²) in [5.41, 5.74) is 2.09. The molecule has 1 aliphatic heterocycles. The van der Waals surface area contributed by atoms with Gasteiger partial charge in [0.2, 0.25) is 21.8 Å². The van der Waals surface area contributed by atoms with Gasteiger partial charge in [-0.1, -0.05) is 73.0 Å². The molecular formula is C34H40ClN3O6S. The Kier molecular flexibility index (Phi) is 10.9. The van der Waals surface area contributed by atoms with Crippen LogP contribution in [0.15, 0.2) is 72.8 Å². The molecule has 1 saturated carbocycles. The molecule has 1 N–H and O–H groups in total. The number of nitrogens with one attached hydrogen (secondary N) is 1. The number of ether oxygens (including phenoxy) is 2. The smallest absolute Gasteiger partial charge is 0.243 e. The van der Waals surface area contributed by atoms with Crippen LogP contribution in [0.5, 0.6) is 11.5 Å². The minimum Gasteiger partial charge on any atom is -0.486 e. The Morgan fingerprint density at radius 2 is 1.64 bits per heavy atom. The molecule has 240 valence electrons. The van der Waals surface area contributed by atoms with Gasteiger partial charge in [-0.15, -0.1) is 0 Å². The Labute approximate surface area is 270 Å². The highest BCUT2D eigenvalue weighted by Gasteiger charge is 2.32. The highest BCUT2D eigenvalue weighted by Crippen LogP contribution is 2.35. The molecule has 0 radical (unpaired) electrons. The highest BCUT2D eigenvalue weighted by molar-refractivity contribution is 7.92. The summed E-state index contributed by atoms with van der Waals surface area (Å²) >= 11 is 6.54. The SMILES string of the molecule is CS(=O)(=O)N(CCCC(=O)N(Cc1ccccc1Cl)[C@@H](Cc1ccccc1)C(=O)NC1CCCC1)c1ccc2c(c1)OCCO2. The minimum absolute atomic E-state index is 0.0308. The van der Waals surface area contributed by atoms with Crippen LogP contribution in [0.3, 0.4) is 0 Å². The summed E-state index contributed by atoms with van der Waals surface area (Å²) < 4.78 is 38.2. The van der Waals surface area contributed by atoms with Gasteiger partial charge < -0.3 is 19.7 Å². The van der Waals surface area contributed by atoms with Gasteiger partial charge >= 0.3 is 0 Å². The molecule has 0 unspecified atom stereocenters. The van der Waals surface area contributed by atoms with Crippen molar-refractivity contribution in [3.05, 3.63) is 88.9 Å². The van der Waals surface area contributed by atoms with E-state index in [9.17, 15) is 18.0 Å². The predicted molar refractivity (Wildman–Crippen MR) is 175 cm³/mol. The lowest BCUT2D eigenvalue weighted by molar-refractivity contribution is -0.141. The van der Waals surface area contributed by atoms with Gasteiger partial charge in [0.05, 0.1) is 11.9 Å². The first kappa shape index (κ1) is 32.6. The average Bonchev–Trinajstić information content (AvgIpc) is 3.54. The first-order chi connectivity index (χ1) is 21.7. The molecule has 2 amide bonds. The van der Waals surface area contributed by atoms with Crippen molar-refractivity contribution < 1.29 is 27.5 Å². The molecule has 0 aromatic heterocycles. The van der Waals surface area contributed by atoms with Crippen LogP contribution in [-0.4, -0.2) is 63.2 Å². The normalized spacial score (nSPS) is 15.3. The van der Waals surface area contributed by atoms with Gasteiger partial charge in [0.25, 0.3) is 0 Å². The largest absolute Gasteiger partial charge is 0.486 e. The topological polar surface area (TPSA) is 105 Å². The second-order valence-corrected chi connectivity index (χ2v) is 13.9. The Balaban J connectivity index is 1.38. The van der Waals surface area contributed by atoms with E-state index in [1.54, 1.807) is 29.2 Å². The van der Waals surface area contributed by atoms with Crippen LogP contribution in [0, 0.1) is 0 Å². The van der Waals surface area contributed by atoms with E-state index in [4.69, 9.17) is 21.1 Å². The number of halogens is 1. The maximum absolute atomic E-state index is 14.1. The van der Waals surface area contributed by atoms with Gasteiger partial charge in [0.1, 0.15) is 19.3 Å². The summed E-state index contributed by atoms with van der Waals surface area (Å²) in [6.07, 6.45) is 5.71. The van der Waals surface area contributed by atoms with Gasteiger partial charge in [-0.3, -0.25) is 13.9 Å². The van der Waals surface area contributed by atoms with Crippen molar-refractivity contribution in [2.45, 2.75) is 63.6 Å². The fourth-order valence-corrected chi connectivity index (χ4v) is 7.08. The second kappa shape index (κ2) is 15.0. The van der Waals surface area contributed by atoms with Crippen LogP contribution in [0.25, 0.3) is 0 Å². The molecule has 5 rings (SSSR count). The van der Waals surface area contributed by atoms with Crippen molar-refractivity contribution >= 4 is 39.1 Å². The number of carbonyl (C=O) groups is 2. The molecule has 45 heavy (non-hydrogen) atoms. The van der Waals surface area contributed by atoms with Crippen LogP contribution >= 0.6 is 11.6 Å². The molecule has 9 nitrogen and oxygen atoms in total. The van der Waals surface area contributed by atoms with E-state index in [-0.39, 0.29) is 43.8 Å². The number of anilines is 1. The molecule has 1 heterocycles. The molecular weight excluding hydrogens is 614 g/mol. The first-order valence-electron chi connectivity index (χ1n) is 15.4. The zero-order chi connectivity index (χ0) is 31.8. The Hall–Kier alpha value is -3.76. The zero-order valence-corrected chi connectivity index (χ0v) is 27.1. The third-order valence-electron chi connectivity index (χ3n) is 8.24. The molecule has 2 aliphatic rings. The van der Waals surface area contributed by atoms with Crippen molar-refractivity contribution in [3.8, 4) is 11.5 Å². The van der Waals surface area contributed by atoms with E-state index in [0.29, 0.717) is 41.8 Å². The lowest BCUT2D eigenvalue weighted by atomic mass is 10.0. The molecule has 0 saturated heterocycles. The fourth-order valence-electron chi connectivity index (χ4n) is 5.92. The van der Waals surface area contributed by atoms with Crippen molar-refractivity contribution in [1.82, 2.24) is 10.2 Å². The number of nitrogens with zero attached hydrogens (tertiary/aromatic N) is 2. The zero-order valence-electron chi connectivity index (χ0n) is 25.5. The average molecular weight is 654 g/mol. The third kappa shape index (κ3) is 8.70. The molecule has 1 fully saturated rings. The number of rotatable bonds is 13. The van der Waals surface area contributed by atoms with Crippen LogP contribution in [0.2, 0.25) is 5.02 Å². The van der Waals surface area contributed by atoms with Crippen molar-refractivity contribution in [2.24, 2.45) is 0 Å². The van der Waals surface area contributed by atoms with Crippen LogP contribution in [0.1, 0.15) is 49.7 Å². The van der Waals surface area contributed by atoms with Crippen LogP contribution in [-0.2, 0) is 32.6 Å².